The fourth-order valence-electron chi connectivity index (χ4n) is 22.8. The molecule has 18 aromatic carbocycles. The van der Waals surface area contributed by atoms with Crippen LogP contribution in [-0.2, 0) is 16.2 Å². The maximum Gasteiger partial charge on any atom is 0.238 e. The third-order valence-electron chi connectivity index (χ3n) is 29.0. The fraction of sp³-hybridized carbons (Fsp3) is 0.0714. The predicted octanol–water partition coefficient (Wildman–Crippen LogP) is 31.8. The second-order valence-corrected chi connectivity index (χ2v) is 38.1. The second-order valence-electron chi connectivity index (χ2n) is 38.1. The van der Waals surface area contributed by atoms with E-state index in [1.165, 1.54) is 77.4 Å². The molecule has 0 spiro atoms. The maximum atomic E-state index is 6.76. The normalized spacial score (nSPS) is 13.4. The van der Waals surface area contributed by atoms with E-state index in [2.05, 4.69) is 330 Å². The largest absolute Gasteiger partial charge is 0.456 e. The molecule has 14 heteroatoms. The van der Waals surface area contributed by atoms with Crippen LogP contribution in [0.25, 0.3) is 246 Å². The smallest absolute Gasteiger partial charge is 0.238 e. The Morgan fingerprint density at radius 1 is 0.193 bits per heavy atom. The summed E-state index contributed by atoms with van der Waals surface area (Å²) in [6, 6.07) is 141. The minimum atomic E-state index is -0.266. The van der Waals surface area contributed by atoms with Crippen molar-refractivity contribution in [3.8, 4) is 136 Å². The van der Waals surface area contributed by atoms with Crippen molar-refractivity contribution < 1.29 is 13.3 Å². The molecule has 26 aromatic rings. The highest BCUT2D eigenvalue weighted by molar-refractivity contribution is 6.19. The van der Waals surface area contributed by atoms with Crippen LogP contribution in [-0.4, -0.2) is 54.0 Å². The first-order valence-corrected chi connectivity index (χ1v) is 47.6. The standard InChI is InChI=1S/2C42H28N4O.C42H29N3O/c1-42(2)32-20-10-6-16-26(32)30-24-31(38-36(37(30)42)29-19-9-13-23-35(29)47-38)40-43-39(25-14-4-3-5-15-25)44-41(45-40)46-33-21-11-7-17-27(33)28-18-8-12-22-34(28)46;1-42(2)31-19-12-18-30(36(31)29-23-24-35-37(38(29)42)28-17-8-11-22-34(28)47-35)40-43-39(25-13-4-3-5-14-25)44-41(45-40)46-32-20-9-6-15-26(32)27-16-7-10-21-33(27)46;1-42(2)34-23-13-11-20-29(34)32-25-33(38-36(37(32)42)31-22-12-14-24-35(31)46-38)41-44-39(27-17-7-4-8-18-27)43-40(45-41)30-21-10-9-19-28(30)26-15-5-3-6-16-26/h2*3-24H,1-2H3;3-25H,1-2H3. The number of benzene rings is 18. The molecule has 0 fully saturated rings. The Balaban J connectivity index is 0.000000105. The highest BCUT2D eigenvalue weighted by atomic mass is 16.3. The zero-order valence-electron chi connectivity index (χ0n) is 77.3. The molecule has 0 radical (unpaired) electrons. The van der Waals surface area contributed by atoms with E-state index in [-0.39, 0.29) is 16.2 Å². The molecule has 662 valence electrons. The van der Waals surface area contributed by atoms with Gasteiger partial charge in [0.1, 0.15) is 33.5 Å². The van der Waals surface area contributed by atoms with E-state index in [0.29, 0.717) is 52.7 Å². The molecular formula is C126H85N11O3. The molecule has 3 aliphatic rings. The van der Waals surface area contributed by atoms with Crippen molar-refractivity contribution in [3.63, 3.8) is 0 Å². The average Bonchev–Trinajstić information content (AvgIpc) is 1.54. The van der Waals surface area contributed by atoms with Gasteiger partial charge in [-0.25, -0.2) is 24.9 Å². The predicted molar refractivity (Wildman–Crippen MR) is 566 cm³/mol. The van der Waals surface area contributed by atoms with Crippen LogP contribution in [0, 0.1) is 0 Å². The van der Waals surface area contributed by atoms with Crippen LogP contribution in [0.3, 0.4) is 0 Å². The lowest BCUT2D eigenvalue weighted by Crippen LogP contribution is -2.15. The number of hydrogen-bond acceptors (Lipinski definition) is 12. The lowest BCUT2D eigenvalue weighted by molar-refractivity contribution is 0.657. The molecule has 8 aromatic heterocycles. The molecule has 0 aliphatic heterocycles. The molecule has 14 nitrogen and oxygen atoms in total. The molecule has 0 bridgehead atoms. The molecule has 0 saturated heterocycles. The SMILES string of the molecule is CC1(C)c2cccc(-c3nc(-c4ccccc4)nc(-n4c5ccccc5c5ccccc54)n3)c2-c2ccc3oc4ccccc4c3c21.CC1(C)c2ccccc2-c2cc(-c3nc(-c4ccccc4)nc(-c4ccccc4-c4ccccc4)n3)c3oc4ccccc4c3c21.CC1(C)c2ccccc2-c2cc(-c3nc(-c4ccccc4)nc(-n4c5ccccc5c5ccccc54)n3)c3oc4ccccc4c3c21. The van der Waals surface area contributed by atoms with Gasteiger partial charge in [0.25, 0.3) is 0 Å². The van der Waals surface area contributed by atoms with E-state index in [0.717, 1.165) is 149 Å². The highest BCUT2D eigenvalue weighted by Gasteiger charge is 2.44. The number of nitrogens with zero attached hydrogens (tertiary/aromatic N) is 11. The number of para-hydroxylation sites is 7. The first-order chi connectivity index (χ1) is 68.7. The number of hydrogen-bond donors (Lipinski definition) is 0. The minimum absolute atomic E-state index is 0.205. The summed E-state index contributed by atoms with van der Waals surface area (Å²) in [7, 11) is 0. The number of aromatic nitrogens is 11. The van der Waals surface area contributed by atoms with Crippen LogP contribution >= 0.6 is 0 Å². The van der Waals surface area contributed by atoms with Gasteiger partial charge in [-0.05, 0) is 139 Å². The van der Waals surface area contributed by atoms with Crippen molar-refractivity contribution >= 4 is 109 Å². The molecule has 0 saturated carbocycles. The molecule has 3 aliphatic carbocycles. The summed E-state index contributed by atoms with van der Waals surface area (Å²) in [5, 5.41) is 11.4. The van der Waals surface area contributed by atoms with Gasteiger partial charge in [-0.3, -0.25) is 9.13 Å². The Morgan fingerprint density at radius 2 is 0.493 bits per heavy atom. The van der Waals surface area contributed by atoms with E-state index >= 15 is 0 Å². The first-order valence-electron chi connectivity index (χ1n) is 47.6. The monoisotopic (exact) mass is 1800 g/mol. The van der Waals surface area contributed by atoms with Crippen LogP contribution in [0.5, 0.6) is 0 Å². The topological polar surface area (TPSA) is 165 Å². The van der Waals surface area contributed by atoms with Crippen LogP contribution < -0.4 is 0 Å². The first kappa shape index (κ1) is 81.5. The summed E-state index contributed by atoms with van der Waals surface area (Å²) in [5.74, 6) is 5.45. The van der Waals surface area contributed by atoms with E-state index < -0.39 is 0 Å². The Bertz CT molecular complexity index is 9520. The lowest BCUT2D eigenvalue weighted by Gasteiger charge is -2.22. The summed E-state index contributed by atoms with van der Waals surface area (Å²) in [6.45, 7) is 13.9. The summed E-state index contributed by atoms with van der Waals surface area (Å²) in [4.78, 5) is 46.7. The van der Waals surface area contributed by atoms with Gasteiger partial charge in [0.15, 0.2) is 40.8 Å². The maximum absolute atomic E-state index is 6.76. The number of rotatable bonds is 10. The van der Waals surface area contributed by atoms with Crippen LogP contribution in [0.15, 0.2) is 420 Å². The summed E-state index contributed by atoms with van der Waals surface area (Å²) in [5.41, 5.74) is 32.2. The summed E-state index contributed by atoms with van der Waals surface area (Å²) < 4.78 is 24.2. The molecule has 0 N–H and O–H groups in total. The lowest BCUT2D eigenvalue weighted by atomic mass is 9.80. The third-order valence-corrected chi connectivity index (χ3v) is 29.0. The van der Waals surface area contributed by atoms with Crippen LogP contribution in [0.4, 0.5) is 0 Å². The molecule has 0 amide bonds. The van der Waals surface area contributed by atoms with Gasteiger partial charge in [-0.2, -0.15) is 19.9 Å². The molecule has 140 heavy (non-hydrogen) atoms. The Hall–Kier alpha value is -18.0. The third kappa shape index (κ3) is 12.6. The van der Waals surface area contributed by atoms with Gasteiger partial charge in [-0.1, -0.05) is 387 Å². The van der Waals surface area contributed by atoms with Crippen molar-refractivity contribution in [3.05, 3.63) is 440 Å². The summed E-state index contributed by atoms with van der Waals surface area (Å²) >= 11 is 0. The van der Waals surface area contributed by atoms with E-state index in [4.69, 9.17) is 58.1 Å². The average molecular weight is 1800 g/mol. The van der Waals surface area contributed by atoms with Gasteiger partial charge in [-0.15, -0.1) is 0 Å². The summed E-state index contributed by atoms with van der Waals surface area (Å²) in [6.07, 6.45) is 0. The van der Waals surface area contributed by atoms with Crippen molar-refractivity contribution in [1.29, 1.82) is 0 Å². The van der Waals surface area contributed by atoms with E-state index in [1.807, 2.05) is 127 Å². The van der Waals surface area contributed by atoms with Gasteiger partial charge < -0.3 is 13.3 Å². The van der Waals surface area contributed by atoms with Gasteiger partial charge in [0.2, 0.25) is 11.9 Å². The van der Waals surface area contributed by atoms with E-state index in [9.17, 15) is 0 Å². The van der Waals surface area contributed by atoms with Crippen LogP contribution in [0.2, 0.25) is 0 Å². The Labute approximate surface area is 805 Å². The molecule has 0 atom stereocenters. The second kappa shape index (κ2) is 31.5. The van der Waals surface area contributed by atoms with E-state index in [1.54, 1.807) is 0 Å². The van der Waals surface area contributed by atoms with Gasteiger partial charge >= 0.3 is 0 Å². The van der Waals surface area contributed by atoms with Crippen LogP contribution in [0.1, 0.15) is 74.9 Å². The fourth-order valence-corrected chi connectivity index (χ4v) is 22.8. The number of furan rings is 3. The molecule has 29 rings (SSSR count). The van der Waals surface area contributed by atoms with Gasteiger partial charge in [0.05, 0.1) is 33.2 Å². The number of fused-ring (bicyclic) bond motifs is 27. The van der Waals surface area contributed by atoms with Crippen molar-refractivity contribution in [2.75, 3.05) is 0 Å². The quantitative estimate of drug-likeness (QED) is 0.127. The zero-order valence-corrected chi connectivity index (χ0v) is 77.3. The van der Waals surface area contributed by atoms with Gasteiger partial charge in [0, 0.05) is 97.9 Å². The zero-order chi connectivity index (χ0) is 93.4. The Kier molecular flexibility index (Phi) is 18.4. The molecule has 8 heterocycles. The van der Waals surface area contributed by atoms with Crippen molar-refractivity contribution in [1.82, 2.24) is 54.0 Å². The molecule has 0 unspecified atom stereocenters. The highest BCUT2D eigenvalue weighted by Crippen LogP contribution is 2.60. The van der Waals surface area contributed by atoms with Crippen molar-refractivity contribution in [2.24, 2.45) is 0 Å². The Morgan fingerprint density at radius 3 is 0.943 bits per heavy atom. The molecular weight excluding hydrogens is 1720 g/mol. The van der Waals surface area contributed by atoms with Crippen molar-refractivity contribution in [2.45, 2.75) is 57.8 Å². The minimum Gasteiger partial charge on any atom is -0.456 e.